The van der Waals surface area contributed by atoms with E-state index in [9.17, 15) is 0 Å². The molecule has 0 spiro atoms. The molecule has 1 aliphatic heterocycles. The van der Waals surface area contributed by atoms with Crippen LogP contribution in [0.3, 0.4) is 0 Å². The van der Waals surface area contributed by atoms with E-state index in [1.807, 2.05) is 18.2 Å². The Kier molecular flexibility index (Phi) is 3.92. The van der Waals surface area contributed by atoms with Gasteiger partial charge in [-0.1, -0.05) is 11.6 Å². The number of hydrogen-bond donors (Lipinski definition) is 1. The lowest BCUT2D eigenvalue weighted by atomic mass is 10.1. The molecule has 0 aromatic heterocycles. The van der Waals surface area contributed by atoms with Gasteiger partial charge in [-0.2, -0.15) is 0 Å². The van der Waals surface area contributed by atoms with Gasteiger partial charge in [-0.25, -0.2) is 0 Å². The minimum Gasteiger partial charge on any atom is -0.398 e. The minimum atomic E-state index is 0.662. The molecule has 2 N–H and O–H groups in total. The Bertz CT molecular complexity index is 392. The predicted octanol–water partition coefficient (Wildman–Crippen LogP) is 2.06. The average Bonchev–Trinajstić information content (AvgIpc) is 2.72. The van der Waals surface area contributed by atoms with Gasteiger partial charge in [0.1, 0.15) is 0 Å². The molecule has 0 bridgehead atoms. The van der Waals surface area contributed by atoms with Crippen molar-refractivity contribution in [1.29, 1.82) is 0 Å². The van der Waals surface area contributed by atoms with E-state index in [2.05, 4.69) is 23.9 Å². The number of rotatable bonds is 3. The van der Waals surface area contributed by atoms with Gasteiger partial charge in [0.05, 0.1) is 0 Å². The van der Waals surface area contributed by atoms with Gasteiger partial charge in [-0.05, 0) is 44.3 Å². The molecule has 0 amide bonds. The second kappa shape index (κ2) is 5.25. The number of likely N-dealkylation sites (N-methyl/N-ethyl adjacent to an activating group) is 1. The highest BCUT2D eigenvalue weighted by atomic mass is 35.5. The van der Waals surface area contributed by atoms with Crippen LogP contribution in [0.1, 0.15) is 12.0 Å². The predicted molar refractivity (Wildman–Crippen MR) is 73.2 cm³/mol. The molecule has 0 radical (unpaired) electrons. The van der Waals surface area contributed by atoms with E-state index in [0.717, 1.165) is 35.9 Å². The van der Waals surface area contributed by atoms with Gasteiger partial charge in [0.25, 0.3) is 0 Å². The van der Waals surface area contributed by atoms with Crippen molar-refractivity contribution < 1.29 is 0 Å². The van der Waals surface area contributed by atoms with Crippen LogP contribution in [0.4, 0.5) is 5.69 Å². The summed E-state index contributed by atoms with van der Waals surface area (Å²) in [5, 5.41) is 0.762. The molecule has 17 heavy (non-hydrogen) atoms. The SMILES string of the molecule is CN(C)C1CCN(Cc2cc(Cl)ccc2N)C1. The molecule has 0 saturated carbocycles. The van der Waals surface area contributed by atoms with Crippen molar-refractivity contribution in [2.45, 2.75) is 19.0 Å². The quantitative estimate of drug-likeness (QED) is 0.837. The van der Waals surface area contributed by atoms with E-state index in [-0.39, 0.29) is 0 Å². The fourth-order valence-electron chi connectivity index (χ4n) is 2.33. The Morgan fingerprint density at radius 3 is 2.88 bits per heavy atom. The number of nitrogens with zero attached hydrogens (tertiary/aromatic N) is 2. The number of nitrogens with two attached hydrogens (primary N) is 1. The van der Waals surface area contributed by atoms with Crippen molar-refractivity contribution in [1.82, 2.24) is 9.80 Å². The summed E-state index contributed by atoms with van der Waals surface area (Å²) in [6, 6.07) is 6.36. The monoisotopic (exact) mass is 253 g/mol. The normalized spacial score (nSPS) is 21.3. The zero-order valence-corrected chi connectivity index (χ0v) is 11.2. The van der Waals surface area contributed by atoms with Crippen LogP contribution < -0.4 is 5.73 Å². The molecule has 1 unspecified atom stereocenters. The van der Waals surface area contributed by atoms with Crippen molar-refractivity contribution in [3.05, 3.63) is 28.8 Å². The average molecular weight is 254 g/mol. The summed E-state index contributed by atoms with van der Waals surface area (Å²) in [5.41, 5.74) is 7.94. The number of hydrogen-bond acceptors (Lipinski definition) is 3. The van der Waals surface area contributed by atoms with Crippen molar-refractivity contribution in [3.63, 3.8) is 0 Å². The van der Waals surface area contributed by atoms with Gasteiger partial charge in [-0.15, -0.1) is 0 Å². The van der Waals surface area contributed by atoms with E-state index < -0.39 is 0 Å². The lowest BCUT2D eigenvalue weighted by Gasteiger charge is -2.20. The van der Waals surface area contributed by atoms with Crippen molar-refractivity contribution >= 4 is 17.3 Å². The Morgan fingerprint density at radius 1 is 1.47 bits per heavy atom. The first-order valence-corrected chi connectivity index (χ1v) is 6.37. The fourth-order valence-corrected chi connectivity index (χ4v) is 2.52. The number of likely N-dealkylation sites (tertiary alicyclic amines) is 1. The second-order valence-electron chi connectivity index (χ2n) is 4.98. The molecule has 94 valence electrons. The van der Waals surface area contributed by atoms with Crippen LogP contribution in [0.25, 0.3) is 0 Å². The lowest BCUT2D eigenvalue weighted by molar-refractivity contribution is 0.265. The molecule has 1 aromatic rings. The highest BCUT2D eigenvalue weighted by Gasteiger charge is 2.24. The molecule has 1 saturated heterocycles. The van der Waals surface area contributed by atoms with Crippen molar-refractivity contribution in [3.8, 4) is 0 Å². The van der Waals surface area contributed by atoms with Gasteiger partial charge in [0.2, 0.25) is 0 Å². The third kappa shape index (κ3) is 3.12. The van der Waals surface area contributed by atoms with E-state index in [4.69, 9.17) is 17.3 Å². The summed E-state index contributed by atoms with van der Waals surface area (Å²) >= 11 is 6.00. The summed E-state index contributed by atoms with van der Waals surface area (Å²) in [6.45, 7) is 3.14. The zero-order valence-electron chi connectivity index (χ0n) is 10.5. The zero-order chi connectivity index (χ0) is 12.4. The molecular formula is C13H20ClN3. The summed E-state index contributed by atoms with van der Waals surface area (Å²) in [6.07, 6.45) is 1.23. The van der Waals surface area contributed by atoms with Crippen LogP contribution >= 0.6 is 11.6 Å². The summed E-state index contributed by atoms with van der Waals surface area (Å²) in [7, 11) is 4.28. The summed E-state index contributed by atoms with van der Waals surface area (Å²) in [4.78, 5) is 4.73. The van der Waals surface area contributed by atoms with Crippen LogP contribution in [0.15, 0.2) is 18.2 Å². The van der Waals surface area contributed by atoms with Crippen molar-refractivity contribution in [2.75, 3.05) is 32.9 Å². The van der Waals surface area contributed by atoms with Gasteiger partial charge < -0.3 is 10.6 Å². The molecule has 1 aromatic carbocycles. The largest absolute Gasteiger partial charge is 0.398 e. The van der Waals surface area contributed by atoms with Crippen LogP contribution in [0.5, 0.6) is 0 Å². The number of halogens is 1. The third-order valence-corrected chi connectivity index (χ3v) is 3.71. The highest BCUT2D eigenvalue weighted by molar-refractivity contribution is 6.30. The lowest BCUT2D eigenvalue weighted by Crippen LogP contribution is -2.31. The van der Waals surface area contributed by atoms with E-state index in [1.54, 1.807) is 0 Å². The standard InChI is InChI=1S/C13H20ClN3/c1-16(2)12-5-6-17(9-12)8-10-7-11(14)3-4-13(10)15/h3-4,7,12H,5-6,8-9,15H2,1-2H3. The first kappa shape index (κ1) is 12.7. The molecule has 4 heteroatoms. The Labute approximate surface area is 108 Å². The van der Waals surface area contributed by atoms with Crippen LogP contribution in [0.2, 0.25) is 5.02 Å². The summed E-state index contributed by atoms with van der Waals surface area (Å²) in [5.74, 6) is 0. The summed E-state index contributed by atoms with van der Waals surface area (Å²) < 4.78 is 0. The molecule has 1 aliphatic rings. The first-order valence-electron chi connectivity index (χ1n) is 5.99. The van der Waals surface area contributed by atoms with Crippen LogP contribution in [-0.2, 0) is 6.54 Å². The van der Waals surface area contributed by atoms with Gasteiger partial charge in [0, 0.05) is 36.4 Å². The molecule has 3 nitrogen and oxygen atoms in total. The minimum absolute atomic E-state index is 0.662. The molecule has 1 heterocycles. The first-order chi connectivity index (χ1) is 8.06. The fraction of sp³-hybridized carbons (Fsp3) is 0.538. The maximum Gasteiger partial charge on any atom is 0.0410 e. The van der Waals surface area contributed by atoms with Crippen LogP contribution in [0, 0.1) is 0 Å². The van der Waals surface area contributed by atoms with E-state index in [0.29, 0.717) is 6.04 Å². The van der Waals surface area contributed by atoms with Gasteiger partial charge in [-0.3, -0.25) is 4.90 Å². The maximum absolute atomic E-state index is 6.00. The smallest absolute Gasteiger partial charge is 0.0410 e. The third-order valence-electron chi connectivity index (χ3n) is 3.48. The maximum atomic E-state index is 6.00. The highest BCUT2D eigenvalue weighted by Crippen LogP contribution is 2.22. The van der Waals surface area contributed by atoms with Gasteiger partial charge >= 0.3 is 0 Å². The Morgan fingerprint density at radius 2 is 2.24 bits per heavy atom. The van der Waals surface area contributed by atoms with Crippen LogP contribution in [-0.4, -0.2) is 43.0 Å². The van der Waals surface area contributed by atoms with Gasteiger partial charge in [0.15, 0.2) is 0 Å². The molecular weight excluding hydrogens is 234 g/mol. The molecule has 2 rings (SSSR count). The van der Waals surface area contributed by atoms with Crippen molar-refractivity contribution in [2.24, 2.45) is 0 Å². The molecule has 1 atom stereocenters. The Balaban J connectivity index is 2.00. The van der Waals surface area contributed by atoms with E-state index >= 15 is 0 Å². The second-order valence-corrected chi connectivity index (χ2v) is 5.42. The Hall–Kier alpha value is -0.770. The number of anilines is 1. The van der Waals surface area contributed by atoms with E-state index in [1.165, 1.54) is 6.42 Å². The molecule has 0 aliphatic carbocycles. The topological polar surface area (TPSA) is 32.5 Å². The molecule has 1 fully saturated rings. The number of benzene rings is 1. The number of nitrogen functional groups attached to an aromatic ring is 1.